The molecule has 3 aromatic rings. The van der Waals surface area contributed by atoms with Crippen molar-refractivity contribution in [1.29, 1.82) is 0 Å². The molecule has 4 heteroatoms. The highest BCUT2D eigenvalue weighted by molar-refractivity contribution is 6.11. The van der Waals surface area contributed by atoms with E-state index in [1.165, 1.54) is 0 Å². The van der Waals surface area contributed by atoms with Crippen LogP contribution in [-0.4, -0.2) is 31.5 Å². The average Bonchev–Trinajstić information content (AvgIpc) is 2.61. The third-order valence-corrected chi connectivity index (χ3v) is 4.81. The number of aromatic nitrogens is 1. The highest BCUT2D eigenvalue weighted by Gasteiger charge is 2.27. The molecular formula is C21H21N3O. The zero-order valence-corrected chi connectivity index (χ0v) is 14.8. The first-order valence-corrected chi connectivity index (χ1v) is 8.53. The van der Waals surface area contributed by atoms with Crippen molar-refractivity contribution >= 4 is 28.2 Å². The van der Waals surface area contributed by atoms with E-state index < -0.39 is 0 Å². The Morgan fingerprint density at radius 3 is 2.72 bits per heavy atom. The van der Waals surface area contributed by atoms with E-state index in [0.717, 1.165) is 45.5 Å². The minimum atomic E-state index is 0.0577. The first-order valence-electron chi connectivity index (χ1n) is 8.53. The molecule has 4 rings (SSSR count). The van der Waals surface area contributed by atoms with E-state index in [4.69, 9.17) is 0 Å². The Kier molecular flexibility index (Phi) is 3.68. The van der Waals surface area contributed by atoms with Crippen molar-refractivity contribution in [1.82, 2.24) is 4.98 Å². The standard InChI is InChI=1S/C21H21N3O/c1-14-7-8-15-5-4-6-19(20(15)22-14)24-12-11-16-13-17(23(2)3)9-10-18(16)21(24)25/h4-10,13H,11-12H2,1-3H3. The SMILES string of the molecule is Cc1ccc2cccc(N3CCc4cc(N(C)C)ccc4C3=O)c2n1. The molecule has 1 aliphatic heterocycles. The van der Waals surface area contributed by atoms with Crippen molar-refractivity contribution in [2.45, 2.75) is 13.3 Å². The summed E-state index contributed by atoms with van der Waals surface area (Å²) in [4.78, 5) is 21.7. The molecule has 2 aromatic carbocycles. The third kappa shape index (κ3) is 2.64. The van der Waals surface area contributed by atoms with Gasteiger partial charge in [0.25, 0.3) is 5.91 Å². The number of nitrogens with zero attached hydrogens (tertiary/aromatic N) is 3. The van der Waals surface area contributed by atoms with Gasteiger partial charge in [-0.15, -0.1) is 0 Å². The molecule has 126 valence electrons. The molecular weight excluding hydrogens is 310 g/mol. The number of pyridine rings is 1. The maximum Gasteiger partial charge on any atom is 0.258 e. The van der Waals surface area contributed by atoms with E-state index in [9.17, 15) is 4.79 Å². The molecule has 0 N–H and O–H groups in total. The van der Waals surface area contributed by atoms with Gasteiger partial charge in [-0.05, 0) is 49.2 Å². The zero-order valence-electron chi connectivity index (χ0n) is 14.8. The predicted molar refractivity (Wildman–Crippen MR) is 103 cm³/mol. The molecule has 0 unspecified atom stereocenters. The summed E-state index contributed by atoms with van der Waals surface area (Å²) in [5, 5.41) is 1.06. The Hall–Kier alpha value is -2.88. The number of carbonyl (C=O) groups excluding carboxylic acids is 1. The molecule has 0 aliphatic carbocycles. The number of fused-ring (bicyclic) bond motifs is 2. The Morgan fingerprint density at radius 1 is 1.08 bits per heavy atom. The van der Waals surface area contributed by atoms with Gasteiger partial charge in [0.2, 0.25) is 0 Å². The van der Waals surface area contributed by atoms with E-state index in [1.54, 1.807) is 0 Å². The van der Waals surface area contributed by atoms with Gasteiger partial charge in [-0.3, -0.25) is 9.78 Å². The molecule has 0 spiro atoms. The van der Waals surface area contributed by atoms with Crippen LogP contribution in [0.1, 0.15) is 21.6 Å². The van der Waals surface area contributed by atoms with Crippen LogP contribution in [-0.2, 0) is 6.42 Å². The number of hydrogen-bond acceptors (Lipinski definition) is 3. The first-order chi connectivity index (χ1) is 12.0. The van der Waals surface area contributed by atoms with Gasteiger partial charge in [0.15, 0.2) is 0 Å². The van der Waals surface area contributed by atoms with Crippen LogP contribution in [0.3, 0.4) is 0 Å². The molecule has 4 nitrogen and oxygen atoms in total. The Labute approximate surface area is 147 Å². The first kappa shape index (κ1) is 15.6. The number of anilines is 2. The lowest BCUT2D eigenvalue weighted by Crippen LogP contribution is -2.38. The Morgan fingerprint density at radius 2 is 1.92 bits per heavy atom. The number of para-hydroxylation sites is 1. The summed E-state index contributed by atoms with van der Waals surface area (Å²) >= 11 is 0. The predicted octanol–water partition coefficient (Wildman–Crippen LogP) is 3.81. The zero-order chi connectivity index (χ0) is 17.6. The number of amides is 1. The van der Waals surface area contributed by atoms with Crippen LogP contribution in [0.4, 0.5) is 11.4 Å². The highest BCUT2D eigenvalue weighted by atomic mass is 16.2. The maximum atomic E-state index is 13.1. The summed E-state index contributed by atoms with van der Waals surface area (Å²) in [7, 11) is 4.03. The van der Waals surface area contributed by atoms with Gasteiger partial charge in [-0.25, -0.2) is 0 Å². The lowest BCUT2D eigenvalue weighted by Gasteiger charge is -2.30. The second kappa shape index (κ2) is 5.88. The molecule has 0 fully saturated rings. The van der Waals surface area contributed by atoms with Crippen molar-refractivity contribution < 1.29 is 4.79 Å². The van der Waals surface area contributed by atoms with Crippen LogP contribution >= 0.6 is 0 Å². The second-order valence-electron chi connectivity index (χ2n) is 6.74. The number of carbonyl (C=O) groups is 1. The summed E-state index contributed by atoms with van der Waals surface area (Å²) in [5.41, 5.74) is 5.79. The van der Waals surface area contributed by atoms with Gasteiger partial charge < -0.3 is 9.80 Å². The van der Waals surface area contributed by atoms with Crippen LogP contribution in [0.2, 0.25) is 0 Å². The number of rotatable bonds is 2. The molecule has 2 heterocycles. The Balaban J connectivity index is 1.79. The normalized spacial score (nSPS) is 13.9. The van der Waals surface area contributed by atoms with Gasteiger partial charge in [0.05, 0.1) is 11.2 Å². The van der Waals surface area contributed by atoms with E-state index in [1.807, 2.05) is 62.3 Å². The maximum absolute atomic E-state index is 13.1. The summed E-state index contributed by atoms with van der Waals surface area (Å²) < 4.78 is 0. The molecule has 0 atom stereocenters. The number of hydrogen-bond donors (Lipinski definition) is 0. The lowest BCUT2D eigenvalue weighted by atomic mass is 9.97. The monoisotopic (exact) mass is 331 g/mol. The summed E-state index contributed by atoms with van der Waals surface area (Å²) in [6.07, 6.45) is 0.852. The van der Waals surface area contributed by atoms with Crippen molar-refractivity contribution in [2.24, 2.45) is 0 Å². The van der Waals surface area contributed by atoms with Crippen molar-refractivity contribution in [3.63, 3.8) is 0 Å². The average molecular weight is 331 g/mol. The summed E-state index contributed by atoms with van der Waals surface area (Å²) in [6, 6.07) is 16.2. The quantitative estimate of drug-likeness (QED) is 0.716. The lowest BCUT2D eigenvalue weighted by molar-refractivity contribution is 0.0981. The van der Waals surface area contributed by atoms with E-state index in [0.29, 0.717) is 6.54 Å². The van der Waals surface area contributed by atoms with Crippen LogP contribution in [0, 0.1) is 6.92 Å². The molecule has 0 radical (unpaired) electrons. The minimum Gasteiger partial charge on any atom is -0.378 e. The van der Waals surface area contributed by atoms with Crippen LogP contribution in [0.5, 0.6) is 0 Å². The van der Waals surface area contributed by atoms with Gasteiger partial charge in [-0.2, -0.15) is 0 Å². The van der Waals surface area contributed by atoms with Crippen molar-refractivity contribution in [3.8, 4) is 0 Å². The van der Waals surface area contributed by atoms with Crippen LogP contribution < -0.4 is 9.80 Å². The fourth-order valence-electron chi connectivity index (χ4n) is 3.43. The van der Waals surface area contributed by atoms with Gasteiger partial charge in [0.1, 0.15) is 0 Å². The second-order valence-corrected chi connectivity index (χ2v) is 6.74. The van der Waals surface area contributed by atoms with E-state index in [2.05, 4.69) is 22.0 Å². The molecule has 1 amide bonds. The third-order valence-electron chi connectivity index (χ3n) is 4.81. The van der Waals surface area contributed by atoms with Crippen LogP contribution in [0.25, 0.3) is 10.9 Å². The smallest absolute Gasteiger partial charge is 0.258 e. The molecule has 0 saturated carbocycles. The molecule has 1 aromatic heterocycles. The van der Waals surface area contributed by atoms with E-state index in [-0.39, 0.29) is 5.91 Å². The van der Waals surface area contributed by atoms with Gasteiger partial charge in [-0.1, -0.05) is 18.2 Å². The Bertz CT molecular complexity index is 978. The van der Waals surface area contributed by atoms with E-state index >= 15 is 0 Å². The number of benzene rings is 2. The largest absolute Gasteiger partial charge is 0.378 e. The topological polar surface area (TPSA) is 36.4 Å². The van der Waals surface area contributed by atoms with Crippen molar-refractivity contribution in [3.05, 3.63) is 65.4 Å². The molecule has 0 saturated heterocycles. The van der Waals surface area contributed by atoms with Crippen LogP contribution in [0.15, 0.2) is 48.5 Å². The summed E-state index contributed by atoms with van der Waals surface area (Å²) in [6.45, 7) is 2.66. The minimum absolute atomic E-state index is 0.0577. The fourth-order valence-corrected chi connectivity index (χ4v) is 3.43. The molecule has 25 heavy (non-hydrogen) atoms. The molecule has 1 aliphatic rings. The molecule has 0 bridgehead atoms. The van der Waals surface area contributed by atoms with Gasteiger partial charge in [0, 0.05) is 43.0 Å². The number of aryl methyl sites for hydroxylation is 1. The fraction of sp³-hybridized carbons (Fsp3) is 0.238. The highest BCUT2D eigenvalue weighted by Crippen LogP contribution is 2.31. The van der Waals surface area contributed by atoms with Gasteiger partial charge >= 0.3 is 0 Å². The summed E-state index contributed by atoms with van der Waals surface area (Å²) in [5.74, 6) is 0.0577. The van der Waals surface area contributed by atoms with Crippen molar-refractivity contribution in [2.75, 3.05) is 30.4 Å².